The van der Waals surface area contributed by atoms with Crippen molar-refractivity contribution < 1.29 is 9.53 Å². The van der Waals surface area contributed by atoms with Crippen molar-refractivity contribution in [2.45, 2.75) is 144 Å². The molecule has 0 spiro atoms. The topological polar surface area (TPSA) is 29.5 Å². The number of hydrogen-bond donors (Lipinski definition) is 0. The molecule has 0 heterocycles. The summed E-state index contributed by atoms with van der Waals surface area (Å²) in [7, 11) is 0. The average Bonchev–Trinajstić information content (AvgIpc) is 2.70. The molecule has 0 N–H and O–H groups in total. The Balaban J connectivity index is 4.94. The number of nitrogens with zero attached hydrogens (tertiary/aromatic N) is 1. The van der Waals surface area contributed by atoms with Crippen molar-refractivity contribution in [3.8, 4) is 0 Å². The Hall–Kier alpha value is -0.730. The molecule has 0 aliphatic heterocycles. The van der Waals surface area contributed by atoms with Crippen LogP contribution in [0.25, 0.3) is 0 Å². The summed E-state index contributed by atoms with van der Waals surface area (Å²) in [6.07, 6.45) is 16.1. The largest absolute Gasteiger partial charge is 0.449 e. The molecule has 1 amide bonds. The van der Waals surface area contributed by atoms with Gasteiger partial charge in [-0.2, -0.15) is 0 Å². The highest BCUT2D eigenvalue weighted by atomic mass is 16.6. The summed E-state index contributed by atoms with van der Waals surface area (Å²) in [5.74, 6) is 1.56. The lowest BCUT2D eigenvalue weighted by Gasteiger charge is -2.40. The van der Waals surface area contributed by atoms with Crippen LogP contribution in [0.5, 0.6) is 0 Å². The summed E-state index contributed by atoms with van der Waals surface area (Å²) in [6, 6.07) is 0. The summed E-state index contributed by atoms with van der Waals surface area (Å²) in [5.41, 5.74) is -0.175. The van der Waals surface area contributed by atoms with Gasteiger partial charge in [0.2, 0.25) is 0 Å². The third-order valence-corrected chi connectivity index (χ3v) is 6.67. The monoisotopic (exact) mass is 439 g/mol. The van der Waals surface area contributed by atoms with Crippen molar-refractivity contribution in [1.29, 1.82) is 0 Å². The minimum absolute atomic E-state index is 0.101. The van der Waals surface area contributed by atoms with Crippen LogP contribution in [0.15, 0.2) is 0 Å². The molecule has 3 heteroatoms. The highest BCUT2D eigenvalue weighted by molar-refractivity contribution is 5.68. The highest BCUT2D eigenvalue weighted by Gasteiger charge is 2.33. The van der Waals surface area contributed by atoms with Gasteiger partial charge in [-0.1, -0.05) is 106 Å². The molecule has 2 atom stereocenters. The molecule has 186 valence electrons. The fraction of sp³-hybridized carbons (Fsp3) is 0.964. The molecule has 31 heavy (non-hydrogen) atoms. The average molecular weight is 440 g/mol. The van der Waals surface area contributed by atoms with Gasteiger partial charge in [-0.3, -0.25) is 0 Å². The number of carbonyl (C=O) groups is 1. The van der Waals surface area contributed by atoms with Gasteiger partial charge in [0.05, 0.1) is 6.61 Å². The SMILES string of the molecule is CCCCCCCC(CCCCCC)COC(=O)N(CC(C)CC)C(C)(C)CC(C)C. The number of amides is 1. The Labute approximate surface area is 196 Å². The van der Waals surface area contributed by atoms with E-state index < -0.39 is 0 Å². The highest BCUT2D eigenvalue weighted by Crippen LogP contribution is 2.27. The molecular weight excluding hydrogens is 382 g/mol. The van der Waals surface area contributed by atoms with Crippen molar-refractivity contribution in [3.63, 3.8) is 0 Å². The number of ether oxygens (including phenoxy) is 1. The zero-order valence-electron chi connectivity index (χ0n) is 22.6. The molecule has 0 aliphatic rings. The molecule has 0 aliphatic carbocycles. The minimum Gasteiger partial charge on any atom is -0.449 e. The van der Waals surface area contributed by atoms with E-state index in [0.29, 0.717) is 24.4 Å². The van der Waals surface area contributed by atoms with Crippen LogP contribution in [0.2, 0.25) is 0 Å². The zero-order valence-corrected chi connectivity index (χ0v) is 22.6. The third-order valence-electron chi connectivity index (χ3n) is 6.67. The zero-order chi connectivity index (χ0) is 23.7. The van der Waals surface area contributed by atoms with Gasteiger partial charge in [0.1, 0.15) is 0 Å². The fourth-order valence-corrected chi connectivity index (χ4v) is 4.59. The number of hydrogen-bond acceptors (Lipinski definition) is 2. The van der Waals surface area contributed by atoms with Gasteiger partial charge in [0.15, 0.2) is 0 Å². The quantitative estimate of drug-likeness (QED) is 0.188. The van der Waals surface area contributed by atoms with E-state index in [9.17, 15) is 4.79 Å². The van der Waals surface area contributed by atoms with Gasteiger partial charge in [-0.15, -0.1) is 0 Å². The van der Waals surface area contributed by atoms with Crippen LogP contribution in [0.4, 0.5) is 4.79 Å². The number of rotatable bonds is 19. The summed E-state index contributed by atoms with van der Waals surface area (Å²) < 4.78 is 6.00. The first kappa shape index (κ1) is 30.3. The van der Waals surface area contributed by atoms with E-state index in [4.69, 9.17) is 4.74 Å². The second-order valence-corrected chi connectivity index (χ2v) is 11.0. The first-order valence-electron chi connectivity index (χ1n) is 13.6. The maximum absolute atomic E-state index is 13.2. The first-order chi connectivity index (χ1) is 14.7. The third kappa shape index (κ3) is 14.9. The molecule has 0 rings (SSSR count). The van der Waals surface area contributed by atoms with Crippen molar-refractivity contribution in [2.75, 3.05) is 13.2 Å². The van der Waals surface area contributed by atoms with Crippen LogP contribution in [-0.2, 0) is 4.74 Å². The molecule has 0 aromatic rings. The van der Waals surface area contributed by atoms with Crippen molar-refractivity contribution in [3.05, 3.63) is 0 Å². The van der Waals surface area contributed by atoms with Gasteiger partial charge in [-0.05, 0) is 50.9 Å². The van der Waals surface area contributed by atoms with Gasteiger partial charge in [0.25, 0.3) is 0 Å². The van der Waals surface area contributed by atoms with Gasteiger partial charge in [-0.25, -0.2) is 4.79 Å². The summed E-state index contributed by atoms with van der Waals surface area (Å²) in [4.78, 5) is 15.2. The molecular formula is C28H57NO2. The molecule has 0 bridgehead atoms. The predicted molar refractivity (Wildman–Crippen MR) is 137 cm³/mol. The predicted octanol–water partition coefficient (Wildman–Crippen LogP) is 9.24. The van der Waals surface area contributed by atoms with Crippen molar-refractivity contribution >= 4 is 6.09 Å². The Morgan fingerprint density at radius 3 is 1.84 bits per heavy atom. The van der Waals surface area contributed by atoms with E-state index in [2.05, 4.69) is 55.4 Å². The van der Waals surface area contributed by atoms with Gasteiger partial charge in [0, 0.05) is 12.1 Å². The van der Waals surface area contributed by atoms with Crippen LogP contribution in [-0.4, -0.2) is 29.7 Å². The molecule has 0 aromatic heterocycles. The van der Waals surface area contributed by atoms with E-state index in [0.717, 1.165) is 19.4 Å². The van der Waals surface area contributed by atoms with Crippen LogP contribution in [0.3, 0.4) is 0 Å². The fourth-order valence-electron chi connectivity index (χ4n) is 4.59. The second kappa shape index (κ2) is 17.8. The van der Waals surface area contributed by atoms with Crippen molar-refractivity contribution in [2.24, 2.45) is 17.8 Å². The van der Waals surface area contributed by atoms with Crippen LogP contribution >= 0.6 is 0 Å². The number of carbonyl (C=O) groups excluding carboxylic acids is 1. The van der Waals surface area contributed by atoms with Crippen molar-refractivity contribution in [1.82, 2.24) is 4.90 Å². The smallest absolute Gasteiger partial charge is 0.410 e. The Bertz CT molecular complexity index is 433. The summed E-state index contributed by atoms with van der Waals surface area (Å²) in [5, 5.41) is 0. The molecule has 3 nitrogen and oxygen atoms in total. The molecule has 0 aromatic carbocycles. The van der Waals surface area contributed by atoms with Crippen LogP contribution in [0.1, 0.15) is 139 Å². The maximum atomic E-state index is 13.2. The molecule has 0 fully saturated rings. The Kier molecular flexibility index (Phi) is 17.4. The van der Waals surface area contributed by atoms with E-state index in [1.807, 2.05) is 4.90 Å². The lowest BCUT2D eigenvalue weighted by Crippen LogP contribution is -2.50. The minimum atomic E-state index is -0.175. The first-order valence-corrected chi connectivity index (χ1v) is 13.6. The summed E-state index contributed by atoms with van der Waals surface area (Å²) >= 11 is 0. The molecule has 0 radical (unpaired) electrons. The van der Waals surface area contributed by atoms with E-state index in [1.54, 1.807) is 0 Å². The Morgan fingerprint density at radius 2 is 1.35 bits per heavy atom. The lowest BCUT2D eigenvalue weighted by atomic mass is 9.90. The lowest BCUT2D eigenvalue weighted by molar-refractivity contribution is 0.0357. The van der Waals surface area contributed by atoms with E-state index in [1.165, 1.54) is 70.6 Å². The second-order valence-electron chi connectivity index (χ2n) is 11.0. The molecule has 0 saturated carbocycles. The number of unbranched alkanes of at least 4 members (excludes halogenated alkanes) is 7. The van der Waals surface area contributed by atoms with E-state index in [-0.39, 0.29) is 11.6 Å². The Morgan fingerprint density at radius 1 is 0.839 bits per heavy atom. The maximum Gasteiger partial charge on any atom is 0.410 e. The standard InChI is InChI=1S/C28H57NO2/c1-9-12-14-16-18-20-26(19-17-15-13-10-2)23-31-27(30)29(22-25(6)11-3)28(7,8)21-24(4)5/h24-26H,9-23H2,1-8H3. The molecule has 2 unspecified atom stereocenters. The van der Waals surface area contributed by atoms with Crippen LogP contribution < -0.4 is 0 Å². The van der Waals surface area contributed by atoms with E-state index >= 15 is 0 Å². The normalized spacial score (nSPS) is 14.0. The molecule has 0 saturated heterocycles. The van der Waals surface area contributed by atoms with Gasteiger partial charge < -0.3 is 9.64 Å². The van der Waals surface area contributed by atoms with Gasteiger partial charge >= 0.3 is 6.09 Å². The van der Waals surface area contributed by atoms with Crippen LogP contribution in [0, 0.1) is 17.8 Å². The summed E-state index contributed by atoms with van der Waals surface area (Å²) in [6.45, 7) is 19.2.